The molecule has 0 N–H and O–H groups in total. The smallest absolute Gasteiger partial charge is 0.238 e. The van der Waals surface area contributed by atoms with Crippen LogP contribution in [0.5, 0.6) is 0 Å². The van der Waals surface area contributed by atoms with E-state index < -0.39 is 0 Å². The number of thiophene rings is 3. The molecule has 9 aromatic heterocycles. The molecule has 0 saturated carbocycles. The van der Waals surface area contributed by atoms with Gasteiger partial charge in [-0.15, -0.1) is 34.0 Å². The van der Waals surface area contributed by atoms with Crippen molar-refractivity contribution < 1.29 is 0 Å². The van der Waals surface area contributed by atoms with Crippen molar-refractivity contribution in [2.75, 3.05) is 0 Å². The summed E-state index contributed by atoms with van der Waals surface area (Å²) in [4.78, 5) is 36.2. The van der Waals surface area contributed by atoms with Gasteiger partial charge in [0.15, 0.2) is 17.5 Å². The molecule has 0 unspecified atom stereocenters. The second-order valence-corrected chi connectivity index (χ2v) is 36.3. The maximum Gasteiger partial charge on any atom is 0.238 e. The van der Waals surface area contributed by atoms with E-state index in [9.17, 15) is 0 Å². The summed E-state index contributed by atoms with van der Waals surface area (Å²) in [5, 5.41) is 14.8. The number of hydrogen-bond acceptors (Lipinski definition) is 10. The zero-order chi connectivity index (χ0) is 87.1. The molecule has 18 aromatic carbocycles. The van der Waals surface area contributed by atoms with Crippen LogP contribution in [0.3, 0.4) is 0 Å². The summed E-state index contributed by atoms with van der Waals surface area (Å²) in [6, 6.07) is 158. The zero-order valence-corrected chi connectivity index (χ0v) is 73.4. The van der Waals surface area contributed by atoms with Crippen LogP contribution in [0.4, 0.5) is 0 Å². The predicted molar refractivity (Wildman–Crippen MR) is 554 cm³/mol. The second-order valence-electron chi connectivity index (χ2n) is 33.0. The number of nitrogens with zero attached hydrogens (tertiary/aromatic N) is 10. The van der Waals surface area contributed by atoms with Gasteiger partial charge in [0.25, 0.3) is 0 Å². The van der Waals surface area contributed by atoms with Crippen LogP contribution in [0.1, 0.15) is 0 Å². The maximum atomic E-state index is 5.27. The van der Waals surface area contributed by atoms with Crippen molar-refractivity contribution >= 4 is 160 Å². The first kappa shape index (κ1) is 77.5. The lowest BCUT2D eigenvalue weighted by molar-refractivity contribution is 0.954. The van der Waals surface area contributed by atoms with Crippen LogP contribution in [0.15, 0.2) is 449 Å². The molecule has 27 aromatic rings. The average molecular weight is 1740 g/mol. The normalized spacial score (nSPS) is 11.6. The molecule has 618 valence electrons. The Hall–Kier alpha value is -16.8. The molecule has 0 fully saturated rings. The van der Waals surface area contributed by atoms with Gasteiger partial charge in [0.1, 0.15) is 5.82 Å². The van der Waals surface area contributed by atoms with E-state index in [2.05, 4.69) is 414 Å². The lowest BCUT2D eigenvalue weighted by Gasteiger charge is -2.12. The summed E-state index contributed by atoms with van der Waals surface area (Å²) in [6.45, 7) is 0. The molecule has 0 bridgehead atoms. The molecule has 0 amide bonds. The molecule has 13 heteroatoms. The van der Waals surface area contributed by atoms with E-state index in [1.165, 1.54) is 110 Å². The van der Waals surface area contributed by atoms with E-state index in [0.717, 1.165) is 106 Å². The number of fused-ring (bicyclic) bond motifs is 18. The largest absolute Gasteiger partial charge is 0.294 e. The van der Waals surface area contributed by atoms with Crippen LogP contribution in [0.25, 0.3) is 245 Å². The van der Waals surface area contributed by atoms with Gasteiger partial charge in [-0.05, 0) is 124 Å². The van der Waals surface area contributed by atoms with Crippen molar-refractivity contribution in [1.29, 1.82) is 0 Å². The molecule has 0 saturated heterocycles. The van der Waals surface area contributed by atoms with Gasteiger partial charge in [-0.25, -0.2) is 24.9 Å². The van der Waals surface area contributed by atoms with E-state index in [1.54, 1.807) is 11.3 Å². The van der Waals surface area contributed by atoms with Crippen molar-refractivity contribution in [2.24, 2.45) is 0 Å². The van der Waals surface area contributed by atoms with Crippen LogP contribution in [0, 0.1) is 0 Å². The number of hydrogen-bond donors (Lipinski definition) is 0. The SMILES string of the molecule is c1ccc(-c2ccc3c(c2)c2ccccc2n3-c2cc(-c3ccc4c(c3)sc3ccccc34)nc(-c3ccccc3)n2)cc1.c1ccc(-c2ccc3c(c2)c2ccccc2n3-c2nc(-c3ccccc3)cc(-c3ccc4c(c3)sc3ccccc34)n2)cc1.c1ccc(-c2ccc3c4ccccc4n(-c4nc(-c5ccccc5)nc(-c5ccc6c(c5)sc5ccccc56)n4)c3c2)cc1. The van der Waals surface area contributed by atoms with Crippen LogP contribution >= 0.6 is 34.0 Å². The Labute approximate surface area is 770 Å². The predicted octanol–water partition coefficient (Wildman–Crippen LogP) is 32.2. The molecular formula is C119H74N10S3. The summed E-state index contributed by atoms with van der Waals surface area (Å²) in [6.07, 6.45) is 0. The van der Waals surface area contributed by atoms with Crippen molar-refractivity contribution in [3.05, 3.63) is 449 Å². The Morgan fingerprint density at radius 3 is 0.917 bits per heavy atom. The molecule has 0 aliphatic carbocycles. The number of para-hydroxylation sites is 3. The number of benzene rings is 18. The molecule has 10 nitrogen and oxygen atoms in total. The molecule has 0 radical (unpaired) electrons. The molecule has 0 atom stereocenters. The van der Waals surface area contributed by atoms with Crippen LogP contribution in [-0.2, 0) is 0 Å². The van der Waals surface area contributed by atoms with Crippen LogP contribution < -0.4 is 0 Å². The fourth-order valence-corrected chi connectivity index (χ4v) is 22.3. The summed E-state index contributed by atoms with van der Waals surface area (Å²) in [5.41, 5.74) is 22.5. The Morgan fingerprint density at radius 2 is 0.439 bits per heavy atom. The standard InChI is InChI=1S/2C40H25N3S.C39H24N4S/c1-3-11-26(12-4-1)28-20-22-36-33(23-28)30-15-7-9-17-35(30)43(36)39-25-34(41-40(42-39)27-13-5-2-6-14-27)29-19-21-32-31-16-8-10-18-37(31)44-38(32)24-29;1-3-11-26(12-4-1)28-20-22-37-33(23-28)30-15-7-9-17-36(30)43(37)40-41-34(27-13-5-2-6-14-27)25-35(42-40)29-19-21-32-31-16-8-10-18-38(31)44-39(32)24-29;1-3-11-25(12-4-1)27-19-21-30-29-15-7-9-17-33(29)43(34(30)23-27)39-41-37(26-13-5-2-6-14-26)40-38(42-39)28-20-22-32-31-16-8-10-18-35(31)44-36(32)24-28/h2*1-25H;1-24H. The van der Waals surface area contributed by atoms with Crippen molar-refractivity contribution in [3.63, 3.8) is 0 Å². The van der Waals surface area contributed by atoms with Gasteiger partial charge >= 0.3 is 0 Å². The Morgan fingerprint density at radius 1 is 0.144 bits per heavy atom. The highest BCUT2D eigenvalue weighted by Gasteiger charge is 2.24. The highest BCUT2D eigenvalue weighted by atomic mass is 32.1. The highest BCUT2D eigenvalue weighted by molar-refractivity contribution is 7.26. The van der Waals surface area contributed by atoms with Gasteiger partial charge in [0.05, 0.1) is 50.2 Å². The van der Waals surface area contributed by atoms with E-state index in [0.29, 0.717) is 29.4 Å². The Kier molecular flexibility index (Phi) is 19.3. The van der Waals surface area contributed by atoms with Crippen molar-refractivity contribution in [2.45, 2.75) is 0 Å². The van der Waals surface area contributed by atoms with Gasteiger partial charge in [0.2, 0.25) is 11.9 Å². The maximum absolute atomic E-state index is 5.27. The number of aromatic nitrogens is 10. The monoisotopic (exact) mass is 1740 g/mol. The van der Waals surface area contributed by atoms with E-state index in [-0.39, 0.29) is 0 Å². The van der Waals surface area contributed by atoms with Crippen molar-refractivity contribution in [3.8, 4) is 119 Å². The summed E-state index contributed by atoms with van der Waals surface area (Å²) < 4.78 is 14.3. The Bertz CT molecular complexity index is 8800. The molecule has 0 aliphatic rings. The Balaban J connectivity index is 0.000000106. The topological polar surface area (TPSA) is 105 Å². The third-order valence-corrected chi connectivity index (χ3v) is 28.5. The lowest BCUT2D eigenvalue weighted by atomic mass is 10.0. The first-order valence-corrected chi connectivity index (χ1v) is 46.6. The summed E-state index contributed by atoms with van der Waals surface area (Å²) in [7, 11) is 0. The fourth-order valence-electron chi connectivity index (χ4n) is 18.8. The van der Waals surface area contributed by atoms with Gasteiger partial charge in [-0.2, -0.15) is 9.97 Å². The molecule has 132 heavy (non-hydrogen) atoms. The second kappa shape index (κ2) is 32.8. The van der Waals surface area contributed by atoms with Gasteiger partial charge < -0.3 is 0 Å². The average Bonchev–Trinajstić information content (AvgIpc) is 1.59. The van der Waals surface area contributed by atoms with E-state index in [1.807, 2.05) is 71.2 Å². The molecule has 0 spiro atoms. The summed E-state index contributed by atoms with van der Waals surface area (Å²) in [5.74, 6) is 4.12. The minimum atomic E-state index is 0.599. The first-order valence-electron chi connectivity index (χ1n) is 44.1. The first-order chi connectivity index (χ1) is 65.4. The van der Waals surface area contributed by atoms with Crippen molar-refractivity contribution in [1.82, 2.24) is 48.6 Å². The van der Waals surface area contributed by atoms with Gasteiger partial charge in [0, 0.05) is 132 Å². The summed E-state index contributed by atoms with van der Waals surface area (Å²) >= 11 is 5.46. The zero-order valence-electron chi connectivity index (χ0n) is 70.9. The minimum Gasteiger partial charge on any atom is -0.294 e. The fraction of sp³-hybridized carbons (Fsp3) is 0. The van der Waals surface area contributed by atoms with Gasteiger partial charge in [-0.3, -0.25) is 13.7 Å². The van der Waals surface area contributed by atoms with E-state index in [4.69, 9.17) is 34.9 Å². The third kappa shape index (κ3) is 14.0. The van der Waals surface area contributed by atoms with E-state index >= 15 is 0 Å². The lowest BCUT2D eigenvalue weighted by Crippen LogP contribution is -2.06. The number of rotatable bonds is 12. The third-order valence-electron chi connectivity index (χ3n) is 25.1. The van der Waals surface area contributed by atoms with Gasteiger partial charge in [-0.1, -0.05) is 352 Å². The van der Waals surface area contributed by atoms with Crippen LogP contribution in [0.2, 0.25) is 0 Å². The molecule has 27 rings (SSSR count). The van der Waals surface area contributed by atoms with Crippen LogP contribution in [-0.4, -0.2) is 48.6 Å². The molecule has 0 aliphatic heterocycles. The minimum absolute atomic E-state index is 0.599. The molecule has 9 heterocycles. The highest BCUT2D eigenvalue weighted by Crippen LogP contribution is 2.45. The molecular weight excluding hydrogens is 1670 g/mol. The quantitative estimate of drug-likeness (QED) is 0.120.